The summed E-state index contributed by atoms with van der Waals surface area (Å²) in [5.41, 5.74) is -0.640. The summed E-state index contributed by atoms with van der Waals surface area (Å²) in [4.78, 5) is 14.3. The van der Waals surface area contributed by atoms with E-state index in [1.54, 1.807) is 26.8 Å². The van der Waals surface area contributed by atoms with E-state index >= 15 is 4.39 Å². The molecule has 0 unspecified atom stereocenters. The summed E-state index contributed by atoms with van der Waals surface area (Å²) in [6, 6.07) is 3.29. The third-order valence-corrected chi connectivity index (χ3v) is 5.91. The minimum absolute atomic E-state index is 0.0674. The number of rotatable bonds is 4. The van der Waals surface area contributed by atoms with Gasteiger partial charge in [0.05, 0.1) is 30.1 Å². The maximum absolute atomic E-state index is 15.7. The Bertz CT molecular complexity index is 803. The summed E-state index contributed by atoms with van der Waals surface area (Å²) in [6.07, 6.45) is -0.702. The Hall–Kier alpha value is -1.68. The van der Waals surface area contributed by atoms with Gasteiger partial charge in [0.15, 0.2) is 5.82 Å². The zero-order valence-electron chi connectivity index (χ0n) is 19.6. The van der Waals surface area contributed by atoms with Crippen LogP contribution >= 0.6 is 0 Å². The molecule has 2 saturated heterocycles. The minimum Gasteiger partial charge on any atom is -0.444 e. The Morgan fingerprint density at radius 2 is 1.74 bits per heavy atom. The molecular weight excluding hydrogens is 402 g/mol. The van der Waals surface area contributed by atoms with Crippen molar-refractivity contribution in [2.45, 2.75) is 71.8 Å². The van der Waals surface area contributed by atoms with Crippen LogP contribution in [-0.4, -0.2) is 61.2 Å². The molecule has 0 saturated carbocycles. The molecule has 0 bridgehead atoms. The minimum atomic E-state index is -0.703. The lowest BCUT2D eigenvalue weighted by Gasteiger charge is -2.32. The van der Waals surface area contributed by atoms with Crippen LogP contribution in [-0.2, 0) is 25.3 Å². The fourth-order valence-corrected chi connectivity index (χ4v) is 3.48. The molecule has 0 aliphatic carbocycles. The highest BCUT2D eigenvalue weighted by atomic mass is 19.1. The number of carbonyl (C=O) groups excluding carboxylic acids is 1. The molecule has 1 aromatic carbocycles. The zero-order valence-corrected chi connectivity index (χ0v) is 19.6. The van der Waals surface area contributed by atoms with Crippen LogP contribution in [0, 0.1) is 5.82 Å². The third-order valence-electron chi connectivity index (χ3n) is 5.91. The van der Waals surface area contributed by atoms with Crippen molar-refractivity contribution in [1.82, 2.24) is 4.90 Å². The van der Waals surface area contributed by atoms with Gasteiger partial charge in [0.2, 0.25) is 0 Å². The first-order chi connectivity index (χ1) is 14.3. The maximum atomic E-state index is 15.7. The van der Waals surface area contributed by atoms with Crippen molar-refractivity contribution >= 4 is 24.4 Å². The number of hydrogen-bond donors (Lipinski definition) is 1. The van der Waals surface area contributed by atoms with Crippen LogP contribution in [0.15, 0.2) is 12.1 Å². The van der Waals surface area contributed by atoms with Gasteiger partial charge in [-0.2, -0.15) is 0 Å². The van der Waals surface area contributed by atoms with E-state index in [0.29, 0.717) is 43.9 Å². The highest BCUT2D eigenvalue weighted by molar-refractivity contribution is 6.62. The van der Waals surface area contributed by atoms with Crippen molar-refractivity contribution in [3.8, 4) is 0 Å². The lowest BCUT2D eigenvalue weighted by Crippen LogP contribution is -2.42. The molecule has 3 rings (SSSR count). The van der Waals surface area contributed by atoms with Crippen molar-refractivity contribution in [2.24, 2.45) is 0 Å². The molecule has 2 aliphatic heterocycles. The van der Waals surface area contributed by atoms with E-state index in [-0.39, 0.29) is 5.69 Å². The summed E-state index contributed by atoms with van der Waals surface area (Å²) in [5, 5.41) is 2.53. The highest BCUT2D eigenvalue weighted by Crippen LogP contribution is 2.37. The number of morpholine rings is 1. The lowest BCUT2D eigenvalue weighted by atomic mass is 9.75. The second-order valence-corrected chi connectivity index (χ2v) is 10.1. The second-order valence-electron chi connectivity index (χ2n) is 10.1. The van der Waals surface area contributed by atoms with Gasteiger partial charge in [-0.05, 0) is 60.0 Å². The van der Waals surface area contributed by atoms with Crippen molar-refractivity contribution in [2.75, 3.05) is 31.6 Å². The summed E-state index contributed by atoms with van der Waals surface area (Å²) in [6.45, 7) is 16.1. The van der Waals surface area contributed by atoms with E-state index in [1.165, 1.54) is 6.07 Å². The number of hydrogen-bond acceptors (Lipinski definition) is 6. The summed E-state index contributed by atoms with van der Waals surface area (Å²) in [7, 11) is -0.703. The van der Waals surface area contributed by atoms with Gasteiger partial charge in [-0.1, -0.05) is 6.07 Å². The predicted octanol–water partition coefficient (Wildman–Crippen LogP) is 3.30. The first-order valence-corrected chi connectivity index (χ1v) is 10.8. The molecule has 172 valence electrons. The molecule has 0 radical (unpaired) electrons. The van der Waals surface area contributed by atoms with Gasteiger partial charge < -0.3 is 18.8 Å². The van der Waals surface area contributed by atoms with Gasteiger partial charge in [0, 0.05) is 25.2 Å². The van der Waals surface area contributed by atoms with Gasteiger partial charge in [-0.15, -0.1) is 0 Å². The summed E-state index contributed by atoms with van der Waals surface area (Å²) in [5.74, 6) is -0.510. The SMILES string of the molecule is CC(C)(C)OC(=O)Nc1ccc(B2OC(C)(C)C(C)(C)O2)c(CN2CCOCC2)c1F. The van der Waals surface area contributed by atoms with E-state index in [0.717, 1.165) is 0 Å². The molecule has 31 heavy (non-hydrogen) atoms. The Labute approximate surface area is 184 Å². The van der Waals surface area contributed by atoms with Gasteiger partial charge in [0.25, 0.3) is 0 Å². The number of benzene rings is 1. The van der Waals surface area contributed by atoms with Crippen molar-refractivity contribution < 1.29 is 28.0 Å². The molecule has 1 aromatic rings. The average Bonchev–Trinajstić information content (AvgIpc) is 2.85. The first-order valence-electron chi connectivity index (χ1n) is 10.8. The molecule has 1 amide bonds. The predicted molar refractivity (Wildman–Crippen MR) is 118 cm³/mol. The number of halogens is 1. The van der Waals surface area contributed by atoms with E-state index < -0.39 is 35.8 Å². The average molecular weight is 436 g/mol. The second kappa shape index (κ2) is 8.69. The molecule has 0 atom stereocenters. The number of amides is 1. The molecule has 1 N–H and O–H groups in total. The van der Waals surface area contributed by atoms with Crippen LogP contribution in [0.3, 0.4) is 0 Å². The Morgan fingerprint density at radius 1 is 1.16 bits per heavy atom. The van der Waals surface area contributed by atoms with Gasteiger partial charge in [-0.3, -0.25) is 10.2 Å². The number of nitrogens with one attached hydrogen (secondary N) is 1. The van der Waals surface area contributed by atoms with Crippen LogP contribution < -0.4 is 10.8 Å². The topological polar surface area (TPSA) is 69.3 Å². The molecular formula is C22H34BFN2O5. The van der Waals surface area contributed by atoms with Gasteiger partial charge in [-0.25, -0.2) is 9.18 Å². The van der Waals surface area contributed by atoms with Crippen LogP contribution in [0.4, 0.5) is 14.9 Å². The van der Waals surface area contributed by atoms with Gasteiger partial charge in [0.1, 0.15) is 5.60 Å². The first kappa shape index (κ1) is 24.0. The highest BCUT2D eigenvalue weighted by Gasteiger charge is 2.52. The Balaban J connectivity index is 1.93. The normalized spacial score (nSPS) is 21.2. The molecule has 7 nitrogen and oxygen atoms in total. The van der Waals surface area contributed by atoms with E-state index in [2.05, 4.69) is 10.2 Å². The monoisotopic (exact) mass is 436 g/mol. The number of carbonyl (C=O) groups is 1. The number of anilines is 1. The Morgan fingerprint density at radius 3 is 2.29 bits per heavy atom. The zero-order chi connectivity index (χ0) is 23.0. The molecule has 2 aliphatic rings. The molecule has 2 heterocycles. The smallest absolute Gasteiger partial charge is 0.444 e. The Kier molecular flexibility index (Phi) is 6.72. The molecule has 0 aromatic heterocycles. The quantitative estimate of drug-likeness (QED) is 0.731. The standard InChI is InChI=1S/C22H34BFN2O5/c1-20(2,3)29-19(27)25-17-9-8-16(23-30-21(4,5)22(6,7)31-23)15(18(17)24)14-26-10-12-28-13-11-26/h8-9H,10-14H2,1-7H3,(H,25,27). The van der Waals surface area contributed by atoms with Crippen LogP contribution in [0.2, 0.25) is 0 Å². The van der Waals surface area contributed by atoms with Crippen molar-refractivity contribution in [3.05, 3.63) is 23.5 Å². The van der Waals surface area contributed by atoms with Crippen LogP contribution in [0.5, 0.6) is 0 Å². The summed E-state index contributed by atoms with van der Waals surface area (Å²) < 4.78 is 38.7. The summed E-state index contributed by atoms with van der Waals surface area (Å²) >= 11 is 0. The van der Waals surface area contributed by atoms with Gasteiger partial charge >= 0.3 is 13.2 Å². The molecule has 0 spiro atoms. The van der Waals surface area contributed by atoms with E-state index in [9.17, 15) is 4.79 Å². The lowest BCUT2D eigenvalue weighted by molar-refractivity contribution is 0.00578. The fourth-order valence-electron chi connectivity index (χ4n) is 3.48. The van der Waals surface area contributed by atoms with Crippen molar-refractivity contribution in [3.63, 3.8) is 0 Å². The van der Waals surface area contributed by atoms with Crippen LogP contribution in [0.1, 0.15) is 54.0 Å². The number of ether oxygens (including phenoxy) is 2. The number of nitrogens with zero attached hydrogens (tertiary/aromatic N) is 1. The van der Waals surface area contributed by atoms with Crippen LogP contribution in [0.25, 0.3) is 0 Å². The third kappa shape index (κ3) is 5.58. The molecule has 9 heteroatoms. The van der Waals surface area contributed by atoms with E-state index in [4.69, 9.17) is 18.8 Å². The largest absolute Gasteiger partial charge is 0.495 e. The molecule has 2 fully saturated rings. The van der Waals surface area contributed by atoms with Crippen molar-refractivity contribution in [1.29, 1.82) is 0 Å². The maximum Gasteiger partial charge on any atom is 0.495 e. The van der Waals surface area contributed by atoms with E-state index in [1.807, 2.05) is 27.7 Å². The fraction of sp³-hybridized carbons (Fsp3) is 0.682.